The minimum Gasteiger partial charge on any atom is -0.481 e. The number of aliphatic carboxylic acids is 1. The molecular weight excluding hydrogens is 317 g/mol. The predicted octanol–water partition coefficient (Wildman–Crippen LogP) is 5.55. The number of hydrogen-bond donors (Lipinski definition) is 1. The average Bonchev–Trinajstić information content (AvgIpc) is 2.34. The monoisotopic (exact) mass is 349 g/mol. The second kappa shape index (κ2) is 18.2. The van der Waals surface area contributed by atoms with Gasteiger partial charge >= 0.3 is 5.97 Å². The third-order valence-electron chi connectivity index (χ3n) is 3.49. The van der Waals surface area contributed by atoms with Crippen molar-refractivity contribution in [2.75, 3.05) is 0 Å². The average molecular weight is 349 g/mol. The fourth-order valence-electron chi connectivity index (χ4n) is 2.29. The van der Waals surface area contributed by atoms with Gasteiger partial charge < -0.3 is 5.11 Å². The molecule has 0 spiro atoms. The number of carboxylic acid groups (broad SMARTS) is 1. The van der Waals surface area contributed by atoms with Crippen LogP contribution in [0.4, 0.5) is 0 Å². The van der Waals surface area contributed by atoms with Gasteiger partial charge in [0.05, 0.1) is 0 Å². The van der Waals surface area contributed by atoms with E-state index in [0.29, 0.717) is 6.42 Å². The van der Waals surface area contributed by atoms with Crippen LogP contribution in [0.1, 0.15) is 96.8 Å². The van der Waals surface area contributed by atoms with Crippen molar-refractivity contribution in [2.45, 2.75) is 96.8 Å². The Bertz CT molecular complexity index is 184. The zero-order chi connectivity index (χ0) is 13.5. The Labute approximate surface area is 135 Å². The fraction of sp³-hybridized carbons (Fsp3) is 0.938. The van der Waals surface area contributed by atoms with Crippen LogP contribution in [0, 0.1) is 0 Å². The Morgan fingerprint density at radius 3 is 1.32 bits per heavy atom. The van der Waals surface area contributed by atoms with Crippen molar-refractivity contribution in [2.24, 2.45) is 0 Å². The van der Waals surface area contributed by atoms with Crippen LogP contribution in [0.5, 0.6) is 0 Å². The molecule has 1 radical (unpaired) electrons. The van der Waals surface area contributed by atoms with E-state index in [9.17, 15) is 4.79 Å². The van der Waals surface area contributed by atoms with Crippen LogP contribution in [0.25, 0.3) is 0 Å². The number of rotatable bonds is 14. The van der Waals surface area contributed by atoms with E-state index in [-0.39, 0.29) is 22.4 Å². The summed E-state index contributed by atoms with van der Waals surface area (Å²) in [6, 6.07) is 0. The summed E-state index contributed by atoms with van der Waals surface area (Å²) in [7, 11) is 0. The van der Waals surface area contributed by atoms with Gasteiger partial charge in [-0.3, -0.25) is 4.79 Å². The quantitative estimate of drug-likeness (QED) is 0.330. The van der Waals surface area contributed by atoms with Crippen LogP contribution in [0.15, 0.2) is 0 Å². The van der Waals surface area contributed by atoms with Gasteiger partial charge in [-0.05, 0) is 6.42 Å². The molecule has 0 aromatic carbocycles. The number of hydrogen-bond acceptors (Lipinski definition) is 1. The fourth-order valence-corrected chi connectivity index (χ4v) is 2.29. The van der Waals surface area contributed by atoms with Gasteiger partial charge in [0.1, 0.15) is 0 Å². The second-order valence-corrected chi connectivity index (χ2v) is 5.39. The van der Waals surface area contributed by atoms with Crippen molar-refractivity contribution < 1.29 is 32.3 Å². The first kappa shape index (κ1) is 21.5. The summed E-state index contributed by atoms with van der Waals surface area (Å²) in [5.74, 6) is -0.655. The molecule has 0 heterocycles. The normalized spacial score (nSPS) is 10.2. The first-order valence-corrected chi connectivity index (χ1v) is 7.99. The van der Waals surface area contributed by atoms with Gasteiger partial charge in [0.15, 0.2) is 0 Å². The SMILES string of the molecule is CCCCCCCCCCCCCCCC(=O)O.[Nb]. The summed E-state index contributed by atoms with van der Waals surface area (Å²) in [4.78, 5) is 10.3. The van der Waals surface area contributed by atoms with Gasteiger partial charge in [-0.15, -0.1) is 0 Å². The molecule has 0 amide bonds. The molecule has 0 bridgehead atoms. The number of unbranched alkanes of at least 4 members (excludes halogenated alkanes) is 12. The molecule has 0 rings (SSSR count). The molecule has 2 nitrogen and oxygen atoms in total. The summed E-state index contributed by atoms with van der Waals surface area (Å²) in [5, 5.41) is 8.49. The molecule has 0 aliphatic carbocycles. The Kier molecular flexibility index (Phi) is 20.6. The topological polar surface area (TPSA) is 37.3 Å². The third kappa shape index (κ3) is 20.7. The van der Waals surface area contributed by atoms with E-state index in [1.165, 1.54) is 70.6 Å². The molecule has 0 unspecified atom stereocenters. The van der Waals surface area contributed by atoms with Crippen molar-refractivity contribution in [3.8, 4) is 0 Å². The summed E-state index contributed by atoms with van der Waals surface area (Å²) in [6.07, 6.45) is 17.3. The summed E-state index contributed by atoms with van der Waals surface area (Å²) in [6.45, 7) is 2.26. The van der Waals surface area contributed by atoms with Crippen molar-refractivity contribution in [3.63, 3.8) is 0 Å². The van der Waals surface area contributed by atoms with E-state index in [1.54, 1.807) is 0 Å². The zero-order valence-corrected chi connectivity index (χ0v) is 14.9. The van der Waals surface area contributed by atoms with Gasteiger partial charge in [-0.25, -0.2) is 0 Å². The molecule has 0 saturated carbocycles. The summed E-state index contributed by atoms with van der Waals surface area (Å²) < 4.78 is 0. The molecule has 1 N–H and O–H groups in total. The third-order valence-corrected chi connectivity index (χ3v) is 3.49. The Morgan fingerprint density at radius 2 is 1.00 bits per heavy atom. The van der Waals surface area contributed by atoms with E-state index >= 15 is 0 Å². The van der Waals surface area contributed by atoms with Crippen LogP contribution < -0.4 is 0 Å². The van der Waals surface area contributed by atoms with Gasteiger partial charge in [-0.2, -0.15) is 0 Å². The van der Waals surface area contributed by atoms with Crippen LogP contribution in [-0.4, -0.2) is 11.1 Å². The molecule has 19 heavy (non-hydrogen) atoms. The summed E-state index contributed by atoms with van der Waals surface area (Å²) in [5.41, 5.74) is 0. The Hall–Kier alpha value is 0.210. The number of carboxylic acids is 1. The predicted molar refractivity (Wildman–Crippen MR) is 77.9 cm³/mol. The Balaban J connectivity index is 0. The molecule has 3 heteroatoms. The van der Waals surface area contributed by atoms with Gasteiger partial charge in [-0.1, -0.05) is 84.0 Å². The largest absolute Gasteiger partial charge is 0.481 e. The zero-order valence-electron chi connectivity index (χ0n) is 12.7. The molecule has 0 saturated heterocycles. The molecule has 0 aliphatic rings. The van der Waals surface area contributed by atoms with Crippen LogP contribution in [0.2, 0.25) is 0 Å². The molecule has 0 atom stereocenters. The van der Waals surface area contributed by atoms with E-state index in [2.05, 4.69) is 6.92 Å². The van der Waals surface area contributed by atoms with Gasteiger partial charge in [0.25, 0.3) is 0 Å². The van der Waals surface area contributed by atoms with Crippen LogP contribution in [0.3, 0.4) is 0 Å². The van der Waals surface area contributed by atoms with Gasteiger partial charge in [0.2, 0.25) is 0 Å². The maximum absolute atomic E-state index is 10.3. The molecule has 0 aliphatic heterocycles. The number of carbonyl (C=O) groups is 1. The first-order chi connectivity index (χ1) is 8.77. The molecule has 0 aromatic heterocycles. The van der Waals surface area contributed by atoms with Crippen molar-refractivity contribution in [1.82, 2.24) is 0 Å². The second-order valence-electron chi connectivity index (χ2n) is 5.39. The molecule has 0 fully saturated rings. The maximum atomic E-state index is 10.3. The minimum atomic E-state index is -0.655. The summed E-state index contributed by atoms with van der Waals surface area (Å²) >= 11 is 0. The van der Waals surface area contributed by atoms with E-state index < -0.39 is 5.97 Å². The smallest absolute Gasteiger partial charge is 0.303 e. The van der Waals surface area contributed by atoms with Crippen LogP contribution >= 0.6 is 0 Å². The maximum Gasteiger partial charge on any atom is 0.303 e. The van der Waals surface area contributed by atoms with Crippen molar-refractivity contribution in [1.29, 1.82) is 0 Å². The van der Waals surface area contributed by atoms with Crippen LogP contribution in [-0.2, 0) is 27.2 Å². The van der Waals surface area contributed by atoms with Crippen molar-refractivity contribution >= 4 is 5.97 Å². The Morgan fingerprint density at radius 1 is 0.684 bits per heavy atom. The van der Waals surface area contributed by atoms with Gasteiger partial charge in [0, 0.05) is 28.8 Å². The van der Waals surface area contributed by atoms with E-state index in [4.69, 9.17) is 5.11 Å². The molecule has 113 valence electrons. The van der Waals surface area contributed by atoms with Crippen molar-refractivity contribution in [3.05, 3.63) is 0 Å². The minimum absolute atomic E-state index is 0. The standard InChI is InChI=1S/C16H32O2.Nb/c1-2-3-4-5-6-7-8-9-10-11-12-13-14-15-16(17)18;/h2-15H2,1H3,(H,17,18);. The van der Waals surface area contributed by atoms with E-state index in [0.717, 1.165) is 12.8 Å². The molecular formula is C16H32NbO2. The van der Waals surface area contributed by atoms with E-state index in [1.807, 2.05) is 0 Å². The first-order valence-electron chi connectivity index (χ1n) is 7.99. The molecule has 0 aromatic rings.